The van der Waals surface area contributed by atoms with E-state index in [1.165, 1.54) is 16.4 Å². The summed E-state index contributed by atoms with van der Waals surface area (Å²) in [7, 11) is -3.33. The smallest absolute Gasteiger partial charge is 0.225 e. The predicted molar refractivity (Wildman–Crippen MR) is 111 cm³/mol. The van der Waals surface area contributed by atoms with Gasteiger partial charge in [0.2, 0.25) is 15.9 Å². The van der Waals surface area contributed by atoms with Crippen LogP contribution >= 0.6 is 0 Å². The number of nitrogens with one attached hydrogen (secondary N) is 1. The molecule has 2 atom stereocenters. The summed E-state index contributed by atoms with van der Waals surface area (Å²) in [5.41, 5.74) is 1.66. The number of carbonyl (C=O) groups excluding carboxylic acids is 1. The minimum absolute atomic E-state index is 0.101. The fourth-order valence-electron chi connectivity index (χ4n) is 3.72. The summed E-state index contributed by atoms with van der Waals surface area (Å²) < 4.78 is 39.6. The Morgan fingerprint density at radius 1 is 1.14 bits per heavy atom. The second-order valence-corrected chi connectivity index (χ2v) is 9.51. The molecule has 156 valence electrons. The van der Waals surface area contributed by atoms with Gasteiger partial charge in [-0.2, -0.15) is 0 Å². The molecule has 29 heavy (non-hydrogen) atoms. The predicted octanol–water partition coefficient (Wildman–Crippen LogP) is 3.48. The van der Waals surface area contributed by atoms with E-state index in [1.807, 2.05) is 37.3 Å². The molecule has 1 N–H and O–H groups in total. The van der Waals surface area contributed by atoms with Gasteiger partial charge in [0.25, 0.3) is 0 Å². The molecule has 1 saturated heterocycles. The van der Waals surface area contributed by atoms with Gasteiger partial charge in [0.1, 0.15) is 5.82 Å². The molecule has 0 saturated carbocycles. The first kappa shape index (κ1) is 21.5. The lowest BCUT2D eigenvalue weighted by molar-refractivity contribution is -0.126. The molecule has 0 bridgehead atoms. The molecule has 1 heterocycles. The third kappa shape index (κ3) is 5.42. The van der Waals surface area contributed by atoms with Crippen molar-refractivity contribution in [2.24, 2.45) is 5.92 Å². The zero-order valence-corrected chi connectivity index (χ0v) is 17.4. The van der Waals surface area contributed by atoms with Crippen LogP contribution < -0.4 is 5.32 Å². The summed E-state index contributed by atoms with van der Waals surface area (Å²) in [6, 6.07) is 15.1. The van der Waals surface area contributed by atoms with Crippen LogP contribution in [0.3, 0.4) is 0 Å². The highest BCUT2D eigenvalue weighted by molar-refractivity contribution is 7.89. The van der Waals surface area contributed by atoms with Crippen LogP contribution in [0.4, 0.5) is 4.39 Å². The van der Waals surface area contributed by atoms with Crippen LogP contribution in [0.5, 0.6) is 0 Å². The standard InChI is InChI=1S/C22H27FN2O3S/c1-2-15-29(27,28)25-14-6-9-19(16-25)22(26)24-21(17-7-4-3-5-8-17)18-10-12-20(23)13-11-18/h3-5,7-8,10-13,19,21H,2,6,9,14-16H2,1H3,(H,24,26)/t19-,21+/m1/s1. The van der Waals surface area contributed by atoms with Gasteiger partial charge in [0.05, 0.1) is 17.7 Å². The maximum Gasteiger partial charge on any atom is 0.225 e. The Bertz CT molecular complexity index is 917. The number of piperidine rings is 1. The second-order valence-electron chi connectivity index (χ2n) is 7.42. The van der Waals surface area contributed by atoms with Crippen LogP contribution in [-0.4, -0.2) is 37.5 Å². The first-order valence-corrected chi connectivity index (χ1v) is 11.6. The molecule has 1 aliphatic heterocycles. The van der Waals surface area contributed by atoms with E-state index in [0.29, 0.717) is 25.8 Å². The van der Waals surface area contributed by atoms with Gasteiger partial charge in [-0.1, -0.05) is 49.4 Å². The van der Waals surface area contributed by atoms with E-state index >= 15 is 0 Å². The maximum absolute atomic E-state index is 13.4. The van der Waals surface area contributed by atoms with Gasteiger partial charge in [0.15, 0.2) is 0 Å². The summed E-state index contributed by atoms with van der Waals surface area (Å²) in [6.07, 6.45) is 1.86. The Morgan fingerprint density at radius 3 is 2.45 bits per heavy atom. The molecular weight excluding hydrogens is 391 g/mol. The van der Waals surface area contributed by atoms with Crippen molar-refractivity contribution < 1.29 is 17.6 Å². The molecule has 5 nitrogen and oxygen atoms in total. The highest BCUT2D eigenvalue weighted by Gasteiger charge is 2.33. The van der Waals surface area contributed by atoms with E-state index in [9.17, 15) is 17.6 Å². The number of hydrogen-bond acceptors (Lipinski definition) is 3. The highest BCUT2D eigenvalue weighted by atomic mass is 32.2. The summed E-state index contributed by atoms with van der Waals surface area (Å²) in [4.78, 5) is 13.0. The molecular formula is C22H27FN2O3S. The van der Waals surface area contributed by atoms with E-state index in [1.54, 1.807) is 12.1 Å². The van der Waals surface area contributed by atoms with Gasteiger partial charge in [-0.05, 0) is 42.5 Å². The fraction of sp³-hybridized carbons (Fsp3) is 0.409. The van der Waals surface area contributed by atoms with Gasteiger partial charge >= 0.3 is 0 Å². The molecule has 0 aliphatic carbocycles. The van der Waals surface area contributed by atoms with E-state index in [4.69, 9.17) is 0 Å². The summed E-state index contributed by atoms with van der Waals surface area (Å²) in [6.45, 7) is 2.50. The van der Waals surface area contributed by atoms with E-state index in [0.717, 1.165) is 11.1 Å². The Hall–Kier alpha value is -2.25. The molecule has 1 amide bonds. The lowest BCUT2D eigenvalue weighted by Crippen LogP contribution is -2.46. The monoisotopic (exact) mass is 418 g/mol. The molecule has 0 aromatic heterocycles. The normalized spacial score (nSPS) is 18.9. The third-order valence-corrected chi connectivity index (χ3v) is 7.28. The number of sulfonamides is 1. The van der Waals surface area contributed by atoms with Gasteiger partial charge in [-0.15, -0.1) is 0 Å². The minimum Gasteiger partial charge on any atom is -0.345 e. The topological polar surface area (TPSA) is 66.5 Å². The molecule has 0 radical (unpaired) electrons. The SMILES string of the molecule is CCCS(=O)(=O)N1CCC[C@@H](C(=O)N[C@@H](c2ccccc2)c2ccc(F)cc2)C1. The minimum atomic E-state index is -3.33. The number of carbonyl (C=O) groups is 1. The number of benzene rings is 2. The molecule has 3 rings (SSSR count). The Morgan fingerprint density at radius 2 is 1.79 bits per heavy atom. The Balaban J connectivity index is 1.78. The van der Waals surface area contributed by atoms with Crippen molar-refractivity contribution in [2.75, 3.05) is 18.8 Å². The summed E-state index contributed by atoms with van der Waals surface area (Å²) in [5.74, 6) is -0.818. The first-order valence-electron chi connectivity index (χ1n) is 9.99. The van der Waals surface area contributed by atoms with Gasteiger partial charge in [-0.3, -0.25) is 4.79 Å². The molecule has 2 aromatic carbocycles. The quantitative estimate of drug-likeness (QED) is 0.749. The second kappa shape index (κ2) is 9.50. The lowest BCUT2D eigenvalue weighted by atomic mass is 9.95. The highest BCUT2D eigenvalue weighted by Crippen LogP contribution is 2.25. The van der Waals surface area contributed by atoms with Crippen LogP contribution in [0, 0.1) is 11.7 Å². The zero-order chi connectivity index (χ0) is 20.9. The maximum atomic E-state index is 13.4. The summed E-state index contributed by atoms with van der Waals surface area (Å²) >= 11 is 0. The van der Waals surface area contributed by atoms with Crippen molar-refractivity contribution in [2.45, 2.75) is 32.2 Å². The summed E-state index contributed by atoms with van der Waals surface area (Å²) in [5, 5.41) is 3.06. The van der Waals surface area contributed by atoms with E-state index in [2.05, 4.69) is 5.32 Å². The molecule has 2 aromatic rings. The average molecular weight is 419 g/mol. The Kier molecular flexibility index (Phi) is 7.03. The van der Waals surface area contributed by atoms with Crippen molar-refractivity contribution in [3.8, 4) is 0 Å². The van der Waals surface area contributed by atoms with Crippen molar-refractivity contribution >= 4 is 15.9 Å². The van der Waals surface area contributed by atoms with Gasteiger partial charge < -0.3 is 5.32 Å². The van der Waals surface area contributed by atoms with Crippen LogP contribution in [0.2, 0.25) is 0 Å². The first-order chi connectivity index (χ1) is 13.9. The average Bonchev–Trinajstić information content (AvgIpc) is 2.73. The number of hydrogen-bond donors (Lipinski definition) is 1. The number of rotatable bonds is 7. The van der Waals surface area contributed by atoms with E-state index < -0.39 is 22.0 Å². The van der Waals surface area contributed by atoms with Gasteiger partial charge in [-0.25, -0.2) is 17.1 Å². The fourth-order valence-corrected chi connectivity index (χ4v) is 5.30. The van der Waals surface area contributed by atoms with Crippen molar-refractivity contribution in [1.29, 1.82) is 0 Å². The molecule has 1 fully saturated rings. The largest absolute Gasteiger partial charge is 0.345 e. The molecule has 7 heteroatoms. The molecule has 0 spiro atoms. The zero-order valence-electron chi connectivity index (χ0n) is 16.6. The number of amides is 1. The van der Waals surface area contributed by atoms with Crippen LogP contribution in [0.1, 0.15) is 43.4 Å². The lowest BCUT2D eigenvalue weighted by Gasteiger charge is -2.32. The van der Waals surface area contributed by atoms with E-state index in [-0.39, 0.29) is 24.0 Å². The molecule has 1 aliphatic rings. The van der Waals surface area contributed by atoms with Crippen molar-refractivity contribution in [3.63, 3.8) is 0 Å². The van der Waals surface area contributed by atoms with Crippen molar-refractivity contribution in [1.82, 2.24) is 9.62 Å². The van der Waals surface area contributed by atoms with Crippen molar-refractivity contribution in [3.05, 3.63) is 71.5 Å². The number of halogens is 1. The Labute approximate surface area is 172 Å². The van der Waals surface area contributed by atoms with Crippen LogP contribution in [0.25, 0.3) is 0 Å². The molecule has 0 unspecified atom stereocenters. The van der Waals surface area contributed by atoms with Crippen LogP contribution in [-0.2, 0) is 14.8 Å². The van der Waals surface area contributed by atoms with Crippen LogP contribution in [0.15, 0.2) is 54.6 Å². The van der Waals surface area contributed by atoms with Gasteiger partial charge in [0, 0.05) is 13.1 Å². The third-order valence-electron chi connectivity index (χ3n) is 5.23. The number of nitrogens with zero attached hydrogens (tertiary/aromatic N) is 1.